The summed E-state index contributed by atoms with van der Waals surface area (Å²) in [6.07, 6.45) is 5.74. The van der Waals surface area contributed by atoms with Gasteiger partial charge in [-0.3, -0.25) is 9.89 Å². The summed E-state index contributed by atoms with van der Waals surface area (Å²) in [5.74, 6) is 0.868. The Morgan fingerprint density at radius 1 is 0.964 bits per heavy atom. The van der Waals surface area contributed by atoms with Gasteiger partial charge in [-0.15, -0.1) is 0 Å². The van der Waals surface area contributed by atoms with Gasteiger partial charge >= 0.3 is 0 Å². The minimum absolute atomic E-state index is 0.104. The van der Waals surface area contributed by atoms with Crippen LogP contribution >= 0.6 is 0 Å². The molecule has 1 aromatic carbocycles. The molecule has 0 spiro atoms. The highest BCUT2D eigenvalue weighted by molar-refractivity contribution is 5.79. The van der Waals surface area contributed by atoms with Crippen LogP contribution in [0.1, 0.15) is 43.2 Å². The fourth-order valence-corrected chi connectivity index (χ4v) is 4.02. The number of aliphatic imine (C=N–C) groups is 1. The molecule has 3 rings (SSSR count). The van der Waals surface area contributed by atoms with Crippen molar-refractivity contribution >= 4 is 5.96 Å². The van der Waals surface area contributed by atoms with Gasteiger partial charge in [0.25, 0.3) is 0 Å². The van der Waals surface area contributed by atoms with Gasteiger partial charge in [0.1, 0.15) is 0 Å². The summed E-state index contributed by atoms with van der Waals surface area (Å²) in [6.45, 7) is 8.22. The van der Waals surface area contributed by atoms with Crippen molar-refractivity contribution in [3.05, 3.63) is 35.4 Å². The lowest BCUT2D eigenvalue weighted by Gasteiger charge is -2.29. The van der Waals surface area contributed by atoms with E-state index in [0.29, 0.717) is 0 Å². The highest BCUT2D eigenvalue weighted by Crippen LogP contribution is 2.14. The number of piperidine rings is 2. The molecule has 0 bridgehead atoms. The number of hydrogen-bond acceptors (Lipinski definition) is 4. The molecule has 0 aromatic heterocycles. The second kappa shape index (κ2) is 11.4. The van der Waals surface area contributed by atoms with Gasteiger partial charge in [0.15, 0.2) is 5.96 Å². The van der Waals surface area contributed by atoms with Crippen molar-refractivity contribution in [2.45, 2.75) is 51.3 Å². The Balaban J connectivity index is 1.35. The lowest BCUT2D eigenvalue weighted by Crippen LogP contribution is -2.42. The molecule has 2 fully saturated rings. The number of aliphatic hydroxyl groups excluding tert-OH is 1. The third kappa shape index (κ3) is 7.08. The Morgan fingerprint density at radius 3 is 2.32 bits per heavy atom. The van der Waals surface area contributed by atoms with Gasteiger partial charge in [-0.05, 0) is 49.9 Å². The summed E-state index contributed by atoms with van der Waals surface area (Å²) in [5.41, 5.74) is 2.60. The molecule has 0 amide bonds. The topological polar surface area (TPSA) is 63.1 Å². The van der Waals surface area contributed by atoms with Crippen LogP contribution in [0.2, 0.25) is 0 Å². The van der Waals surface area contributed by atoms with Gasteiger partial charge in [0, 0.05) is 46.3 Å². The van der Waals surface area contributed by atoms with Gasteiger partial charge in [-0.1, -0.05) is 30.7 Å². The minimum atomic E-state index is -0.104. The van der Waals surface area contributed by atoms with Crippen molar-refractivity contribution in [2.75, 3.05) is 46.3 Å². The molecule has 0 saturated carbocycles. The van der Waals surface area contributed by atoms with E-state index in [1.54, 1.807) is 0 Å². The molecule has 2 aliphatic rings. The van der Waals surface area contributed by atoms with Gasteiger partial charge in [-0.25, -0.2) is 0 Å². The molecule has 0 radical (unpaired) electrons. The second-order valence-corrected chi connectivity index (χ2v) is 8.08. The Bertz CT molecular complexity index is 589. The molecule has 0 unspecified atom stereocenters. The second-order valence-electron chi connectivity index (χ2n) is 8.08. The van der Waals surface area contributed by atoms with Crippen LogP contribution in [0.4, 0.5) is 0 Å². The Hall–Kier alpha value is -1.63. The molecule has 0 aliphatic carbocycles. The van der Waals surface area contributed by atoms with Gasteiger partial charge < -0.3 is 20.6 Å². The SMILES string of the molecule is CN=C(NCCN1CCCCC1)NCc1ccc(CN2CCC(O)CC2)cc1. The molecule has 156 valence electrons. The number of guanidine groups is 1. The van der Waals surface area contributed by atoms with Crippen LogP contribution in [-0.4, -0.2) is 73.3 Å². The summed E-state index contributed by atoms with van der Waals surface area (Å²) < 4.78 is 0. The van der Waals surface area contributed by atoms with E-state index < -0.39 is 0 Å². The van der Waals surface area contributed by atoms with Gasteiger partial charge in [0.2, 0.25) is 0 Å². The molecule has 2 saturated heterocycles. The highest BCUT2D eigenvalue weighted by Gasteiger charge is 2.16. The summed E-state index contributed by atoms with van der Waals surface area (Å²) in [7, 11) is 1.83. The molecule has 2 heterocycles. The molecule has 2 aliphatic heterocycles. The van der Waals surface area contributed by atoms with E-state index >= 15 is 0 Å². The fourth-order valence-electron chi connectivity index (χ4n) is 4.02. The lowest BCUT2D eigenvalue weighted by molar-refractivity contribution is 0.0792. The van der Waals surface area contributed by atoms with E-state index in [9.17, 15) is 5.11 Å². The number of hydrogen-bond donors (Lipinski definition) is 3. The zero-order valence-corrected chi connectivity index (χ0v) is 17.4. The molecule has 0 atom stereocenters. The monoisotopic (exact) mass is 387 g/mol. The molecule has 6 nitrogen and oxygen atoms in total. The number of benzene rings is 1. The van der Waals surface area contributed by atoms with Crippen LogP contribution < -0.4 is 10.6 Å². The minimum Gasteiger partial charge on any atom is -0.393 e. The zero-order valence-electron chi connectivity index (χ0n) is 17.4. The smallest absolute Gasteiger partial charge is 0.191 e. The third-order valence-electron chi connectivity index (χ3n) is 5.84. The Kier molecular flexibility index (Phi) is 8.58. The average molecular weight is 388 g/mol. The largest absolute Gasteiger partial charge is 0.393 e. The lowest BCUT2D eigenvalue weighted by atomic mass is 10.1. The molecule has 3 N–H and O–H groups in total. The molecule has 1 aromatic rings. The predicted octanol–water partition coefficient (Wildman–Crippen LogP) is 1.79. The van der Waals surface area contributed by atoms with Crippen LogP contribution in [0.15, 0.2) is 29.3 Å². The number of nitrogens with zero attached hydrogens (tertiary/aromatic N) is 3. The molecule has 28 heavy (non-hydrogen) atoms. The normalized spacial score (nSPS) is 20.3. The Labute approximate surface area is 170 Å². The van der Waals surface area contributed by atoms with Crippen LogP contribution in [0.3, 0.4) is 0 Å². The standard InChI is InChI=1S/C22H37N5O/c1-23-22(24-11-16-26-12-3-2-4-13-26)25-17-19-5-7-20(8-6-19)18-27-14-9-21(28)10-15-27/h5-8,21,28H,2-4,9-18H2,1H3,(H2,23,24,25). The van der Waals surface area contributed by atoms with Crippen LogP contribution in [0, 0.1) is 0 Å². The van der Waals surface area contributed by atoms with E-state index in [4.69, 9.17) is 0 Å². The third-order valence-corrected chi connectivity index (χ3v) is 5.84. The highest BCUT2D eigenvalue weighted by atomic mass is 16.3. The van der Waals surface area contributed by atoms with Crippen molar-refractivity contribution in [1.29, 1.82) is 0 Å². The van der Waals surface area contributed by atoms with E-state index in [2.05, 4.69) is 49.7 Å². The first-order valence-corrected chi connectivity index (χ1v) is 10.9. The Morgan fingerprint density at radius 2 is 1.64 bits per heavy atom. The molecular formula is C22H37N5O. The fraction of sp³-hybridized carbons (Fsp3) is 0.682. The van der Waals surface area contributed by atoms with Crippen LogP contribution in [0.25, 0.3) is 0 Å². The summed E-state index contributed by atoms with van der Waals surface area (Å²) in [6, 6.07) is 8.83. The van der Waals surface area contributed by atoms with Gasteiger partial charge in [-0.2, -0.15) is 0 Å². The number of likely N-dealkylation sites (tertiary alicyclic amines) is 2. The quantitative estimate of drug-likeness (QED) is 0.492. The maximum atomic E-state index is 9.62. The van der Waals surface area contributed by atoms with E-state index in [-0.39, 0.29) is 6.10 Å². The van der Waals surface area contributed by atoms with Crippen molar-refractivity contribution in [2.24, 2.45) is 4.99 Å². The van der Waals surface area contributed by atoms with Crippen molar-refractivity contribution in [3.63, 3.8) is 0 Å². The van der Waals surface area contributed by atoms with Crippen molar-refractivity contribution in [1.82, 2.24) is 20.4 Å². The number of rotatable bonds is 7. The van der Waals surface area contributed by atoms with Gasteiger partial charge in [0.05, 0.1) is 6.10 Å². The van der Waals surface area contributed by atoms with E-state index in [1.165, 1.54) is 43.5 Å². The van der Waals surface area contributed by atoms with Crippen molar-refractivity contribution < 1.29 is 5.11 Å². The predicted molar refractivity (Wildman–Crippen MR) is 115 cm³/mol. The number of aliphatic hydroxyl groups is 1. The first-order valence-electron chi connectivity index (χ1n) is 10.9. The molecular weight excluding hydrogens is 350 g/mol. The summed E-state index contributed by atoms with van der Waals surface area (Å²) >= 11 is 0. The van der Waals surface area contributed by atoms with E-state index in [1.807, 2.05) is 7.05 Å². The first kappa shape index (κ1) is 21.1. The number of nitrogens with one attached hydrogen (secondary N) is 2. The first-order chi connectivity index (χ1) is 13.7. The average Bonchev–Trinajstić information content (AvgIpc) is 2.74. The van der Waals surface area contributed by atoms with E-state index in [0.717, 1.165) is 58.1 Å². The van der Waals surface area contributed by atoms with Crippen LogP contribution in [-0.2, 0) is 13.1 Å². The zero-order chi connectivity index (χ0) is 19.6. The maximum Gasteiger partial charge on any atom is 0.191 e. The van der Waals surface area contributed by atoms with Crippen LogP contribution in [0.5, 0.6) is 0 Å². The molecule has 6 heteroatoms. The summed E-state index contributed by atoms with van der Waals surface area (Å²) in [5, 5.41) is 16.5. The maximum absolute atomic E-state index is 9.62. The summed E-state index contributed by atoms with van der Waals surface area (Å²) in [4.78, 5) is 9.29. The van der Waals surface area contributed by atoms with Crippen molar-refractivity contribution in [3.8, 4) is 0 Å².